The van der Waals surface area contributed by atoms with Gasteiger partial charge in [0.1, 0.15) is 0 Å². The maximum Gasteiger partial charge on any atom is 0.0931 e. The molecule has 0 amide bonds. The maximum absolute atomic E-state index is 4.06. The highest BCUT2D eigenvalue weighted by atomic mass is 14.9. The lowest BCUT2D eigenvalue weighted by molar-refractivity contribution is 1.02. The van der Waals surface area contributed by atoms with E-state index >= 15 is 0 Å². The summed E-state index contributed by atoms with van der Waals surface area (Å²) in [7, 11) is 0. The van der Waals surface area contributed by atoms with Crippen LogP contribution >= 0.6 is 0 Å². The first-order valence-corrected chi connectivity index (χ1v) is 7.29. The van der Waals surface area contributed by atoms with E-state index in [0.717, 1.165) is 11.0 Å². The standard InChI is InChI=1S/C12H10.C7H6N2/c1-3-9-4-2-6-11-8-7-10(5-1)12(9)11;1-2-4-7-6(3-1)8-5-9-7/h1-6H,7-8H2;1-5H,(H,8,9). The van der Waals surface area contributed by atoms with E-state index in [1.54, 1.807) is 6.33 Å². The van der Waals surface area contributed by atoms with Gasteiger partial charge in [-0.05, 0) is 46.9 Å². The van der Waals surface area contributed by atoms with Gasteiger partial charge in [-0.15, -0.1) is 0 Å². The van der Waals surface area contributed by atoms with Crippen molar-refractivity contribution in [3.63, 3.8) is 0 Å². The monoisotopic (exact) mass is 272 g/mol. The molecule has 0 radical (unpaired) electrons. The summed E-state index contributed by atoms with van der Waals surface area (Å²) in [5.74, 6) is 0. The lowest BCUT2D eigenvalue weighted by Crippen LogP contribution is -1.76. The van der Waals surface area contributed by atoms with Crippen molar-refractivity contribution in [2.24, 2.45) is 0 Å². The number of hydrogen-bond donors (Lipinski definition) is 1. The van der Waals surface area contributed by atoms with Crippen LogP contribution in [0.5, 0.6) is 0 Å². The molecule has 1 heterocycles. The summed E-state index contributed by atoms with van der Waals surface area (Å²) in [6.45, 7) is 0. The number of H-pyrrole nitrogens is 1. The fraction of sp³-hybridized carbons (Fsp3) is 0.105. The molecule has 1 aliphatic rings. The Bertz CT molecular complexity index is 837. The molecule has 2 heteroatoms. The summed E-state index contributed by atoms with van der Waals surface area (Å²) in [5, 5.41) is 2.92. The maximum atomic E-state index is 4.06. The van der Waals surface area contributed by atoms with Crippen LogP contribution in [0, 0.1) is 0 Å². The number of aromatic amines is 1. The highest BCUT2D eigenvalue weighted by Crippen LogP contribution is 2.29. The second-order valence-corrected chi connectivity index (χ2v) is 5.35. The molecular formula is C19H16N2. The van der Waals surface area contributed by atoms with Gasteiger partial charge in [-0.3, -0.25) is 0 Å². The van der Waals surface area contributed by atoms with Gasteiger partial charge in [0.15, 0.2) is 0 Å². The summed E-state index contributed by atoms with van der Waals surface area (Å²) < 4.78 is 0. The Kier molecular flexibility index (Phi) is 2.93. The minimum atomic E-state index is 1.03. The van der Waals surface area contributed by atoms with E-state index in [4.69, 9.17) is 0 Å². The molecule has 0 bridgehead atoms. The van der Waals surface area contributed by atoms with Gasteiger partial charge in [0.2, 0.25) is 0 Å². The largest absolute Gasteiger partial charge is 0.345 e. The molecule has 2 nitrogen and oxygen atoms in total. The number of aromatic nitrogens is 2. The number of rotatable bonds is 0. The average Bonchev–Trinajstić information content (AvgIpc) is 3.17. The van der Waals surface area contributed by atoms with Crippen LogP contribution in [0.2, 0.25) is 0 Å². The number of benzene rings is 3. The predicted molar refractivity (Wildman–Crippen MR) is 87.4 cm³/mol. The van der Waals surface area contributed by atoms with Gasteiger partial charge in [0.25, 0.3) is 0 Å². The zero-order valence-corrected chi connectivity index (χ0v) is 11.7. The third-order valence-electron chi connectivity index (χ3n) is 4.07. The molecule has 1 aromatic heterocycles. The molecule has 0 unspecified atom stereocenters. The Morgan fingerprint density at radius 1 is 0.762 bits per heavy atom. The van der Waals surface area contributed by atoms with Gasteiger partial charge in [0, 0.05) is 0 Å². The van der Waals surface area contributed by atoms with Crippen molar-refractivity contribution < 1.29 is 0 Å². The number of fused-ring (bicyclic) bond motifs is 1. The Morgan fingerprint density at radius 3 is 2.19 bits per heavy atom. The molecule has 1 N–H and O–H groups in total. The van der Waals surface area contributed by atoms with E-state index < -0.39 is 0 Å². The molecule has 102 valence electrons. The number of nitrogens with one attached hydrogen (secondary N) is 1. The summed E-state index contributed by atoms with van der Waals surface area (Å²) in [6.07, 6.45) is 4.16. The average molecular weight is 272 g/mol. The second kappa shape index (κ2) is 5.06. The minimum Gasteiger partial charge on any atom is -0.345 e. The number of imidazole rings is 1. The van der Waals surface area contributed by atoms with Crippen molar-refractivity contribution in [2.75, 3.05) is 0 Å². The van der Waals surface area contributed by atoms with Crippen LogP contribution in [0.4, 0.5) is 0 Å². The summed E-state index contributed by atoms with van der Waals surface area (Å²) in [6, 6.07) is 21.2. The molecule has 3 aromatic carbocycles. The van der Waals surface area contributed by atoms with E-state index in [1.807, 2.05) is 24.3 Å². The summed E-state index contributed by atoms with van der Waals surface area (Å²) >= 11 is 0. The molecule has 21 heavy (non-hydrogen) atoms. The molecule has 0 atom stereocenters. The van der Waals surface area contributed by atoms with Crippen molar-refractivity contribution in [2.45, 2.75) is 12.8 Å². The molecule has 0 fully saturated rings. The molecule has 0 saturated heterocycles. The second-order valence-electron chi connectivity index (χ2n) is 5.35. The van der Waals surface area contributed by atoms with Crippen molar-refractivity contribution in [3.05, 3.63) is 78.1 Å². The molecule has 0 saturated carbocycles. The highest BCUT2D eigenvalue weighted by molar-refractivity contribution is 5.90. The van der Waals surface area contributed by atoms with Gasteiger partial charge in [-0.1, -0.05) is 48.5 Å². The smallest absolute Gasteiger partial charge is 0.0931 e. The first-order valence-electron chi connectivity index (χ1n) is 7.29. The van der Waals surface area contributed by atoms with Gasteiger partial charge in [0.05, 0.1) is 17.4 Å². The molecular weight excluding hydrogens is 256 g/mol. The third kappa shape index (κ3) is 2.19. The van der Waals surface area contributed by atoms with E-state index in [9.17, 15) is 0 Å². The van der Waals surface area contributed by atoms with Gasteiger partial charge < -0.3 is 4.98 Å². The third-order valence-corrected chi connectivity index (χ3v) is 4.07. The quantitative estimate of drug-likeness (QED) is 0.501. The van der Waals surface area contributed by atoms with Crippen LogP contribution in [0.25, 0.3) is 21.8 Å². The Hall–Kier alpha value is -2.61. The zero-order chi connectivity index (χ0) is 14.1. The van der Waals surface area contributed by atoms with Gasteiger partial charge in [-0.25, -0.2) is 4.98 Å². The van der Waals surface area contributed by atoms with Crippen molar-refractivity contribution in [1.29, 1.82) is 0 Å². The Morgan fingerprint density at radius 2 is 1.48 bits per heavy atom. The summed E-state index contributed by atoms with van der Waals surface area (Å²) in [4.78, 5) is 7.07. The van der Waals surface area contributed by atoms with Crippen LogP contribution in [-0.4, -0.2) is 9.97 Å². The normalized spacial score (nSPS) is 12.4. The first kappa shape index (κ1) is 12.2. The highest BCUT2D eigenvalue weighted by Gasteiger charge is 2.11. The van der Waals surface area contributed by atoms with E-state index in [-0.39, 0.29) is 0 Å². The Balaban J connectivity index is 0.000000115. The lowest BCUT2D eigenvalue weighted by Gasteiger charge is -1.99. The fourth-order valence-electron chi connectivity index (χ4n) is 3.07. The van der Waals surface area contributed by atoms with Gasteiger partial charge >= 0.3 is 0 Å². The van der Waals surface area contributed by atoms with E-state index in [1.165, 1.54) is 34.7 Å². The molecule has 4 aromatic rings. The number of hydrogen-bond acceptors (Lipinski definition) is 1. The SMILES string of the molecule is c1cc2c3c(cccc3c1)CC2.c1ccc2[nH]cnc2c1. The van der Waals surface area contributed by atoms with Gasteiger partial charge in [-0.2, -0.15) is 0 Å². The molecule has 5 rings (SSSR count). The zero-order valence-electron chi connectivity index (χ0n) is 11.7. The molecule has 0 spiro atoms. The van der Waals surface area contributed by atoms with Crippen molar-refractivity contribution in [3.8, 4) is 0 Å². The number of para-hydroxylation sites is 2. The van der Waals surface area contributed by atoms with Crippen LogP contribution in [0.15, 0.2) is 67.0 Å². The summed E-state index contributed by atoms with van der Waals surface area (Å²) in [5.41, 5.74) is 5.18. The van der Waals surface area contributed by atoms with E-state index in [2.05, 4.69) is 46.4 Å². The first-order chi connectivity index (χ1) is 10.4. The van der Waals surface area contributed by atoms with Crippen LogP contribution < -0.4 is 0 Å². The lowest BCUT2D eigenvalue weighted by atomic mass is 10.1. The minimum absolute atomic E-state index is 1.03. The molecule has 0 aliphatic heterocycles. The molecule has 1 aliphatic carbocycles. The van der Waals surface area contributed by atoms with Crippen molar-refractivity contribution >= 4 is 21.8 Å². The number of nitrogens with zero attached hydrogens (tertiary/aromatic N) is 1. The number of aryl methyl sites for hydroxylation is 2. The van der Waals surface area contributed by atoms with Crippen molar-refractivity contribution in [1.82, 2.24) is 9.97 Å². The van der Waals surface area contributed by atoms with Crippen LogP contribution in [-0.2, 0) is 12.8 Å². The topological polar surface area (TPSA) is 28.7 Å². The van der Waals surface area contributed by atoms with E-state index in [0.29, 0.717) is 0 Å². The van der Waals surface area contributed by atoms with Crippen LogP contribution in [0.3, 0.4) is 0 Å². The van der Waals surface area contributed by atoms with Crippen LogP contribution in [0.1, 0.15) is 11.1 Å². The predicted octanol–water partition coefficient (Wildman–Crippen LogP) is 4.50. The Labute approximate surface area is 123 Å². The fourth-order valence-corrected chi connectivity index (χ4v) is 3.07.